The number of anilines is 1. The molecule has 2 aromatic rings. The summed E-state index contributed by atoms with van der Waals surface area (Å²) in [6.45, 7) is 0. The lowest BCUT2D eigenvalue weighted by Gasteiger charge is -2.41. The number of carbonyl (C=O) groups is 3. The first-order chi connectivity index (χ1) is 11.6. The van der Waals surface area contributed by atoms with Crippen molar-refractivity contribution in [1.29, 1.82) is 0 Å². The van der Waals surface area contributed by atoms with Gasteiger partial charge in [0.05, 0.1) is 23.0 Å². The fourth-order valence-corrected chi connectivity index (χ4v) is 4.84. The molecule has 0 spiro atoms. The lowest BCUT2D eigenvalue weighted by Crippen LogP contribution is -2.46. The highest BCUT2D eigenvalue weighted by Gasteiger charge is 2.60. The normalized spacial score (nSPS) is 31.8. The molecule has 3 aliphatic carbocycles. The number of ketones is 1. The van der Waals surface area contributed by atoms with E-state index in [2.05, 4.69) is 4.98 Å². The number of pyridine rings is 1. The topological polar surface area (TPSA) is 67.3 Å². The summed E-state index contributed by atoms with van der Waals surface area (Å²) in [7, 11) is 0. The average Bonchev–Trinajstić information content (AvgIpc) is 2.88. The standard InChI is InChI=1S/C19H16N2O3/c22-15-9-11-3-5-13(15)17-16(11)18(23)21(19(17)24)12-4-6-14-10(8-12)2-1-7-20-14/h1-2,4,6-8,11,13,16-17H,3,5,9H2/t11-,13+,16+,17-/m0/s1. The van der Waals surface area contributed by atoms with Gasteiger partial charge in [0.2, 0.25) is 11.8 Å². The molecule has 2 heterocycles. The maximum absolute atomic E-state index is 13.0. The lowest BCUT2D eigenvalue weighted by atomic mass is 9.59. The Kier molecular flexibility index (Phi) is 2.72. The Balaban J connectivity index is 1.60. The molecule has 120 valence electrons. The molecule has 1 aliphatic heterocycles. The van der Waals surface area contributed by atoms with Crippen LogP contribution in [0, 0.1) is 23.7 Å². The first kappa shape index (κ1) is 13.8. The number of carbonyl (C=O) groups excluding carboxylic acids is 3. The molecular weight excluding hydrogens is 304 g/mol. The number of hydrogen-bond donors (Lipinski definition) is 0. The van der Waals surface area contributed by atoms with Gasteiger partial charge in [0.1, 0.15) is 5.78 Å². The van der Waals surface area contributed by atoms with E-state index in [-0.39, 0.29) is 35.4 Å². The Labute approximate surface area is 138 Å². The number of imide groups is 1. The van der Waals surface area contributed by atoms with Crippen LogP contribution in [0.15, 0.2) is 36.5 Å². The van der Waals surface area contributed by atoms with Gasteiger partial charge < -0.3 is 0 Å². The zero-order chi connectivity index (χ0) is 16.4. The molecule has 24 heavy (non-hydrogen) atoms. The monoisotopic (exact) mass is 320 g/mol. The van der Waals surface area contributed by atoms with Crippen LogP contribution in [-0.2, 0) is 14.4 Å². The van der Waals surface area contributed by atoms with Crippen molar-refractivity contribution >= 4 is 34.2 Å². The van der Waals surface area contributed by atoms with E-state index in [1.54, 1.807) is 12.3 Å². The summed E-state index contributed by atoms with van der Waals surface area (Å²) >= 11 is 0. The summed E-state index contributed by atoms with van der Waals surface area (Å²) in [5.74, 6) is -1.13. The molecule has 4 aliphatic rings. The summed E-state index contributed by atoms with van der Waals surface area (Å²) < 4.78 is 0. The first-order valence-corrected chi connectivity index (χ1v) is 8.40. The molecule has 0 N–H and O–H groups in total. The highest BCUT2D eigenvalue weighted by Crippen LogP contribution is 2.52. The third kappa shape index (κ3) is 1.70. The van der Waals surface area contributed by atoms with E-state index in [1.165, 1.54) is 4.90 Å². The van der Waals surface area contributed by atoms with Gasteiger partial charge in [-0.3, -0.25) is 24.3 Å². The van der Waals surface area contributed by atoms with E-state index in [0.29, 0.717) is 12.1 Å². The van der Waals surface area contributed by atoms with Crippen molar-refractivity contribution in [1.82, 2.24) is 4.98 Å². The molecule has 4 fully saturated rings. The second kappa shape index (κ2) is 4.72. The Morgan fingerprint density at radius 3 is 2.67 bits per heavy atom. The molecule has 5 nitrogen and oxygen atoms in total. The predicted octanol–water partition coefficient (Wildman–Crippen LogP) is 2.34. The second-order valence-corrected chi connectivity index (χ2v) is 7.06. The van der Waals surface area contributed by atoms with Gasteiger partial charge in [-0.2, -0.15) is 0 Å². The Hall–Kier alpha value is -2.56. The minimum Gasteiger partial charge on any atom is -0.299 e. The minimum atomic E-state index is -0.443. The predicted molar refractivity (Wildman–Crippen MR) is 87.1 cm³/mol. The van der Waals surface area contributed by atoms with Crippen LogP contribution < -0.4 is 4.90 Å². The second-order valence-electron chi connectivity index (χ2n) is 7.06. The summed E-state index contributed by atoms with van der Waals surface area (Å²) in [6.07, 6.45) is 3.80. The average molecular weight is 320 g/mol. The molecule has 0 radical (unpaired) electrons. The third-order valence-electron chi connectivity index (χ3n) is 5.91. The van der Waals surface area contributed by atoms with Gasteiger partial charge in [0.25, 0.3) is 0 Å². The zero-order valence-electron chi connectivity index (χ0n) is 13.0. The molecule has 5 heteroatoms. The third-order valence-corrected chi connectivity index (χ3v) is 5.91. The van der Waals surface area contributed by atoms with Crippen LogP contribution in [0.1, 0.15) is 19.3 Å². The molecule has 1 saturated heterocycles. The van der Waals surface area contributed by atoms with Gasteiger partial charge in [-0.25, -0.2) is 0 Å². The Morgan fingerprint density at radius 2 is 1.83 bits per heavy atom. The molecule has 4 atom stereocenters. The summed E-state index contributed by atoms with van der Waals surface area (Å²) in [5, 5.41) is 0.893. The van der Waals surface area contributed by atoms with Crippen molar-refractivity contribution in [2.45, 2.75) is 19.3 Å². The SMILES string of the molecule is O=C1C[C@@H]2CC[C@H]1[C@@H]1C(=O)N(c3ccc4ncccc4c3)C(=O)[C@H]21. The fraction of sp³-hybridized carbons (Fsp3) is 0.368. The van der Waals surface area contributed by atoms with E-state index in [9.17, 15) is 14.4 Å². The zero-order valence-corrected chi connectivity index (χ0v) is 13.0. The maximum Gasteiger partial charge on any atom is 0.238 e. The number of Topliss-reactive ketones (excluding diaryl/α,β-unsaturated/α-hetero) is 1. The molecule has 0 unspecified atom stereocenters. The Bertz CT molecular complexity index is 906. The number of amides is 2. The van der Waals surface area contributed by atoms with Crippen molar-refractivity contribution in [2.75, 3.05) is 4.90 Å². The lowest BCUT2D eigenvalue weighted by molar-refractivity contribution is -0.143. The van der Waals surface area contributed by atoms with Gasteiger partial charge in [-0.1, -0.05) is 6.07 Å². The number of hydrogen-bond acceptors (Lipinski definition) is 4. The van der Waals surface area contributed by atoms with Crippen molar-refractivity contribution in [2.24, 2.45) is 23.7 Å². The van der Waals surface area contributed by atoms with E-state index in [4.69, 9.17) is 0 Å². The molecule has 1 aromatic carbocycles. The maximum atomic E-state index is 13.0. The summed E-state index contributed by atoms with van der Waals surface area (Å²) in [5.41, 5.74) is 1.42. The highest BCUT2D eigenvalue weighted by atomic mass is 16.2. The smallest absolute Gasteiger partial charge is 0.238 e. The van der Waals surface area contributed by atoms with Gasteiger partial charge in [-0.05, 0) is 43.0 Å². The number of nitrogens with zero attached hydrogens (tertiary/aromatic N) is 2. The molecule has 2 bridgehead atoms. The Morgan fingerprint density at radius 1 is 1.00 bits per heavy atom. The molecule has 3 saturated carbocycles. The largest absolute Gasteiger partial charge is 0.299 e. The van der Waals surface area contributed by atoms with E-state index in [1.807, 2.05) is 24.3 Å². The van der Waals surface area contributed by atoms with Crippen LogP contribution in [0.2, 0.25) is 0 Å². The minimum absolute atomic E-state index is 0.0380. The van der Waals surface area contributed by atoms with E-state index in [0.717, 1.165) is 23.7 Å². The number of rotatable bonds is 1. The van der Waals surface area contributed by atoms with Gasteiger partial charge >= 0.3 is 0 Å². The number of aromatic nitrogens is 1. The number of fused-ring (bicyclic) bond motifs is 3. The van der Waals surface area contributed by atoms with Gasteiger partial charge in [0.15, 0.2) is 0 Å². The van der Waals surface area contributed by atoms with Crippen LogP contribution in [0.3, 0.4) is 0 Å². The summed E-state index contributed by atoms with van der Waals surface area (Å²) in [4.78, 5) is 43.7. The highest BCUT2D eigenvalue weighted by molar-refractivity contribution is 6.24. The fourth-order valence-electron chi connectivity index (χ4n) is 4.84. The molecule has 2 amide bonds. The van der Waals surface area contributed by atoms with Crippen molar-refractivity contribution in [3.63, 3.8) is 0 Å². The van der Waals surface area contributed by atoms with E-state index < -0.39 is 5.92 Å². The van der Waals surface area contributed by atoms with Crippen LogP contribution in [-0.4, -0.2) is 22.6 Å². The van der Waals surface area contributed by atoms with Crippen molar-refractivity contribution in [3.8, 4) is 0 Å². The van der Waals surface area contributed by atoms with Gasteiger partial charge in [-0.15, -0.1) is 0 Å². The van der Waals surface area contributed by atoms with Crippen LogP contribution >= 0.6 is 0 Å². The summed E-state index contributed by atoms with van der Waals surface area (Å²) in [6, 6.07) is 9.17. The van der Waals surface area contributed by atoms with Crippen LogP contribution in [0.25, 0.3) is 10.9 Å². The first-order valence-electron chi connectivity index (χ1n) is 8.40. The quantitative estimate of drug-likeness (QED) is 0.756. The van der Waals surface area contributed by atoms with Crippen LogP contribution in [0.5, 0.6) is 0 Å². The van der Waals surface area contributed by atoms with Gasteiger partial charge in [0, 0.05) is 23.9 Å². The number of benzene rings is 1. The van der Waals surface area contributed by atoms with E-state index >= 15 is 0 Å². The molecule has 6 rings (SSSR count). The van der Waals surface area contributed by atoms with Crippen molar-refractivity contribution < 1.29 is 14.4 Å². The van der Waals surface area contributed by atoms with Crippen molar-refractivity contribution in [3.05, 3.63) is 36.5 Å². The molecule has 1 aromatic heterocycles. The molecular formula is C19H16N2O3. The van der Waals surface area contributed by atoms with Crippen LogP contribution in [0.4, 0.5) is 5.69 Å².